The molecule has 1 aliphatic carbocycles. The van der Waals surface area contributed by atoms with Crippen LogP contribution in [0.2, 0.25) is 0 Å². The van der Waals surface area contributed by atoms with E-state index in [9.17, 15) is 13.2 Å². The molecule has 3 N–H and O–H groups in total. The van der Waals surface area contributed by atoms with E-state index >= 15 is 0 Å². The van der Waals surface area contributed by atoms with Crippen molar-refractivity contribution >= 4 is 27.1 Å². The van der Waals surface area contributed by atoms with E-state index < -0.39 is 10.0 Å². The molecule has 0 bridgehead atoms. The zero-order chi connectivity index (χ0) is 20.4. The lowest BCUT2D eigenvalue weighted by molar-refractivity contribution is 0.320. The number of aromatic amines is 1. The van der Waals surface area contributed by atoms with Gasteiger partial charge in [0.2, 0.25) is 10.0 Å². The van der Waals surface area contributed by atoms with Crippen molar-refractivity contribution in [3.63, 3.8) is 0 Å². The molecule has 1 aliphatic heterocycles. The van der Waals surface area contributed by atoms with Crippen LogP contribution < -0.4 is 16.0 Å². The number of allylic oxidation sites excluding steroid dienone is 1. The van der Waals surface area contributed by atoms with Crippen molar-refractivity contribution in [3.8, 4) is 6.01 Å². The van der Waals surface area contributed by atoms with Gasteiger partial charge < -0.3 is 10.5 Å². The topological polar surface area (TPSA) is 144 Å². The number of aliphatic imine (C=N–C) groups is 1. The summed E-state index contributed by atoms with van der Waals surface area (Å²) in [6.45, 7) is 0.936. The normalized spacial score (nSPS) is 19.8. The van der Waals surface area contributed by atoms with Gasteiger partial charge in [-0.2, -0.15) is 4.98 Å². The fourth-order valence-electron chi connectivity index (χ4n) is 3.23. The minimum atomic E-state index is -3.13. The Balaban J connectivity index is 1.38. The van der Waals surface area contributed by atoms with Crippen LogP contribution in [0.4, 0.5) is 0 Å². The van der Waals surface area contributed by atoms with Crippen molar-refractivity contribution in [2.45, 2.75) is 37.0 Å². The van der Waals surface area contributed by atoms with Gasteiger partial charge in [-0.05, 0) is 31.7 Å². The fraction of sp³-hybridized carbons (Fsp3) is 0.444. The van der Waals surface area contributed by atoms with Crippen LogP contribution in [0.15, 0.2) is 40.2 Å². The lowest BCUT2D eigenvalue weighted by Crippen LogP contribution is -2.41. The maximum absolute atomic E-state index is 12.3. The second kappa shape index (κ2) is 7.91. The second-order valence-electron chi connectivity index (χ2n) is 7.09. The first-order chi connectivity index (χ1) is 14.0. The molecule has 29 heavy (non-hydrogen) atoms. The Labute approximate surface area is 167 Å². The Hall–Kier alpha value is -2.79. The number of rotatable bonds is 6. The van der Waals surface area contributed by atoms with Crippen LogP contribution in [0.1, 0.15) is 25.7 Å². The minimum Gasteiger partial charge on any atom is -0.422 e. The number of pyridine rings is 1. The van der Waals surface area contributed by atoms with E-state index in [2.05, 4.69) is 19.9 Å². The zero-order valence-electron chi connectivity index (χ0n) is 15.7. The summed E-state index contributed by atoms with van der Waals surface area (Å²) in [7, 11) is -3.13. The van der Waals surface area contributed by atoms with Crippen molar-refractivity contribution in [2.75, 3.05) is 13.1 Å². The number of hydrogen-bond acceptors (Lipinski definition) is 8. The highest BCUT2D eigenvalue weighted by molar-refractivity contribution is 7.90. The number of sulfonamides is 1. The van der Waals surface area contributed by atoms with Crippen molar-refractivity contribution < 1.29 is 13.2 Å². The van der Waals surface area contributed by atoms with Crippen molar-refractivity contribution in [1.29, 1.82) is 0 Å². The molecule has 1 saturated heterocycles. The summed E-state index contributed by atoms with van der Waals surface area (Å²) >= 11 is 0. The summed E-state index contributed by atoms with van der Waals surface area (Å²) < 4.78 is 31.7. The smallest absolute Gasteiger partial charge is 0.302 e. The molecule has 0 spiro atoms. The van der Waals surface area contributed by atoms with Gasteiger partial charge in [-0.25, -0.2) is 12.7 Å². The number of aromatic nitrogens is 3. The van der Waals surface area contributed by atoms with E-state index in [-0.39, 0.29) is 28.6 Å². The van der Waals surface area contributed by atoms with Gasteiger partial charge in [0.1, 0.15) is 0 Å². The SMILES string of the molecule is NC=C(C=NC1CCN(S(=O)(=O)C2CC2)CC1)Oc1nc2cnccc2c(=O)[nH]1. The average Bonchev–Trinajstić information content (AvgIpc) is 3.57. The highest BCUT2D eigenvalue weighted by Gasteiger charge is 2.41. The van der Waals surface area contributed by atoms with Crippen LogP contribution in [-0.4, -0.2) is 58.3 Å². The molecule has 1 saturated carbocycles. The first-order valence-electron chi connectivity index (χ1n) is 9.43. The lowest BCUT2D eigenvalue weighted by Gasteiger charge is -2.29. The van der Waals surface area contributed by atoms with Gasteiger partial charge >= 0.3 is 6.01 Å². The summed E-state index contributed by atoms with van der Waals surface area (Å²) in [6.07, 6.45) is 8.49. The number of hydrogen-bond donors (Lipinski definition) is 2. The maximum atomic E-state index is 12.3. The van der Waals surface area contributed by atoms with E-state index in [4.69, 9.17) is 10.5 Å². The van der Waals surface area contributed by atoms with Crippen LogP contribution in [0.5, 0.6) is 6.01 Å². The highest BCUT2D eigenvalue weighted by atomic mass is 32.2. The van der Waals surface area contributed by atoms with E-state index in [1.54, 1.807) is 10.4 Å². The van der Waals surface area contributed by atoms with Crippen LogP contribution in [0.3, 0.4) is 0 Å². The molecule has 2 aromatic heterocycles. The number of nitrogens with zero attached hydrogens (tertiary/aromatic N) is 4. The molecular formula is C18H22N6O4S. The third-order valence-electron chi connectivity index (χ3n) is 5.01. The standard InChI is InChI=1S/C18H22N6O4S/c19-9-13(28-18-22-16-11-20-6-3-15(16)17(25)23-18)10-21-12-4-7-24(8-5-12)29(26,27)14-1-2-14/h3,6,9-12,14H,1-2,4-5,7-8,19H2,(H,22,23,25). The van der Waals surface area contributed by atoms with Crippen LogP contribution >= 0.6 is 0 Å². The average molecular weight is 418 g/mol. The molecule has 0 amide bonds. The highest BCUT2D eigenvalue weighted by Crippen LogP contribution is 2.32. The Morgan fingerprint density at radius 3 is 2.76 bits per heavy atom. The quantitative estimate of drug-likeness (QED) is 0.514. The molecule has 0 aromatic carbocycles. The Kier molecular flexibility index (Phi) is 5.33. The third kappa shape index (κ3) is 4.30. The molecular weight excluding hydrogens is 396 g/mol. The molecule has 2 fully saturated rings. The first-order valence-corrected chi connectivity index (χ1v) is 10.9. The molecule has 4 rings (SSSR count). The Morgan fingerprint density at radius 1 is 1.31 bits per heavy atom. The summed E-state index contributed by atoms with van der Waals surface area (Å²) in [5.74, 6) is 0.226. The first kappa shape index (κ1) is 19.5. The van der Waals surface area contributed by atoms with E-state index in [0.717, 1.165) is 12.8 Å². The Bertz CT molecular complexity index is 1110. The van der Waals surface area contributed by atoms with Crippen LogP contribution in [0.25, 0.3) is 10.9 Å². The Morgan fingerprint density at radius 2 is 2.07 bits per heavy atom. The minimum absolute atomic E-state index is 0.0102. The van der Waals surface area contributed by atoms with E-state index in [1.165, 1.54) is 24.8 Å². The fourth-order valence-corrected chi connectivity index (χ4v) is 5.11. The van der Waals surface area contributed by atoms with E-state index in [0.29, 0.717) is 36.8 Å². The summed E-state index contributed by atoms with van der Waals surface area (Å²) in [5.41, 5.74) is 5.67. The summed E-state index contributed by atoms with van der Waals surface area (Å²) in [5, 5.41) is 0.224. The molecule has 154 valence electrons. The van der Waals surface area contributed by atoms with Gasteiger partial charge in [0.15, 0.2) is 5.76 Å². The lowest BCUT2D eigenvalue weighted by atomic mass is 10.1. The maximum Gasteiger partial charge on any atom is 0.302 e. The van der Waals surface area contributed by atoms with Gasteiger partial charge in [-0.3, -0.25) is 19.8 Å². The molecule has 0 unspecified atom stereocenters. The van der Waals surface area contributed by atoms with Gasteiger partial charge in [0.05, 0.1) is 34.6 Å². The number of nitrogens with one attached hydrogen (secondary N) is 1. The van der Waals surface area contributed by atoms with Gasteiger partial charge in [-0.1, -0.05) is 0 Å². The summed E-state index contributed by atoms with van der Waals surface area (Å²) in [4.78, 5) is 27.3. The largest absolute Gasteiger partial charge is 0.422 e. The number of H-pyrrole nitrogens is 1. The van der Waals surface area contributed by atoms with E-state index in [1.807, 2.05) is 0 Å². The third-order valence-corrected chi connectivity index (χ3v) is 7.41. The summed E-state index contributed by atoms with van der Waals surface area (Å²) in [6, 6.07) is 1.54. The monoisotopic (exact) mass is 418 g/mol. The van der Waals surface area contributed by atoms with Gasteiger partial charge in [0, 0.05) is 25.5 Å². The zero-order valence-corrected chi connectivity index (χ0v) is 16.5. The number of ether oxygens (including phenoxy) is 1. The number of fused-ring (bicyclic) bond motifs is 1. The molecule has 11 heteroatoms. The molecule has 2 aliphatic rings. The van der Waals surface area contributed by atoms with Crippen molar-refractivity contribution in [1.82, 2.24) is 19.3 Å². The molecule has 10 nitrogen and oxygen atoms in total. The number of piperidine rings is 1. The second-order valence-corrected chi connectivity index (χ2v) is 9.30. The molecule has 2 aromatic rings. The van der Waals surface area contributed by atoms with Crippen LogP contribution in [-0.2, 0) is 10.0 Å². The molecule has 0 radical (unpaired) electrons. The van der Waals surface area contributed by atoms with Crippen molar-refractivity contribution in [3.05, 3.63) is 40.8 Å². The van der Waals surface area contributed by atoms with Crippen LogP contribution in [0, 0.1) is 0 Å². The predicted octanol–water partition coefficient (Wildman–Crippen LogP) is 0.524. The van der Waals surface area contributed by atoms with Crippen molar-refractivity contribution in [2.24, 2.45) is 10.7 Å². The van der Waals surface area contributed by atoms with Gasteiger partial charge in [0.25, 0.3) is 5.56 Å². The molecule has 0 atom stereocenters. The molecule has 3 heterocycles. The van der Waals surface area contributed by atoms with Gasteiger partial charge in [-0.15, -0.1) is 0 Å². The number of nitrogens with two attached hydrogens (primary N) is 1. The predicted molar refractivity (Wildman–Crippen MR) is 108 cm³/mol.